The lowest BCUT2D eigenvalue weighted by atomic mass is 10.0. The zero-order valence-electron chi connectivity index (χ0n) is 11.2. The van der Waals surface area contributed by atoms with Gasteiger partial charge in [-0.25, -0.2) is 0 Å². The van der Waals surface area contributed by atoms with Crippen LogP contribution in [-0.4, -0.2) is 39.5 Å². The van der Waals surface area contributed by atoms with Crippen molar-refractivity contribution in [3.8, 4) is 0 Å². The van der Waals surface area contributed by atoms with Crippen LogP contribution in [0.2, 0.25) is 0 Å². The van der Waals surface area contributed by atoms with Gasteiger partial charge >= 0.3 is 12.1 Å². The van der Waals surface area contributed by atoms with Crippen molar-refractivity contribution < 1.29 is 24.6 Å². The highest BCUT2D eigenvalue weighted by Crippen LogP contribution is 2.19. The van der Waals surface area contributed by atoms with Crippen LogP contribution in [0.3, 0.4) is 0 Å². The molecule has 2 rings (SSSR count). The number of aliphatic hydroxyl groups excluding tert-OH is 1. The van der Waals surface area contributed by atoms with Crippen LogP contribution in [-0.2, 0) is 20.8 Å². The first-order valence-corrected chi connectivity index (χ1v) is 6.20. The van der Waals surface area contributed by atoms with E-state index in [0.29, 0.717) is 6.42 Å². The summed E-state index contributed by atoms with van der Waals surface area (Å²) in [5, 5.41) is 19.6. The number of carboxylic acid groups (broad SMARTS) is 1. The van der Waals surface area contributed by atoms with Crippen LogP contribution in [0.4, 0.5) is 0 Å². The van der Waals surface area contributed by atoms with Crippen LogP contribution in [0.1, 0.15) is 12.0 Å². The van der Waals surface area contributed by atoms with E-state index < -0.39 is 18.1 Å². The minimum atomic E-state index is -1.09. The maximum atomic E-state index is 10.6. The van der Waals surface area contributed by atoms with E-state index in [1.54, 1.807) is 0 Å². The Labute approximate surface area is 120 Å². The van der Waals surface area contributed by atoms with Crippen molar-refractivity contribution in [3.63, 3.8) is 0 Å². The first kappa shape index (κ1) is 16.6. The van der Waals surface area contributed by atoms with Crippen molar-refractivity contribution in [1.29, 1.82) is 0 Å². The molecule has 2 aromatic rings. The fraction of sp³-hybridized carbons (Fsp3) is 0.286. The number of aliphatic hydroxyl groups is 1. The second kappa shape index (κ2) is 7.96. The number of hydrogen-bond acceptors (Lipinski definition) is 5. The Kier molecular flexibility index (Phi) is 6.29. The molecule has 0 aliphatic heterocycles. The first-order chi connectivity index (χ1) is 9.99. The molecule has 1 heterocycles. The average Bonchev–Trinajstić information content (AvgIpc) is 2.83. The predicted octanol–water partition coefficient (Wildman–Crippen LogP) is 0.290. The molecule has 0 spiro atoms. The van der Waals surface area contributed by atoms with Crippen molar-refractivity contribution in [1.82, 2.24) is 4.98 Å². The number of nitrogens with two attached hydrogens (primary N) is 1. The summed E-state index contributed by atoms with van der Waals surface area (Å²) >= 11 is 0. The van der Waals surface area contributed by atoms with Crippen molar-refractivity contribution >= 4 is 23.0 Å². The number of benzene rings is 1. The molecular weight excluding hydrogens is 276 g/mol. The quantitative estimate of drug-likeness (QED) is 0.626. The topological polar surface area (TPSA) is 133 Å². The van der Waals surface area contributed by atoms with Gasteiger partial charge in [0.1, 0.15) is 6.04 Å². The van der Waals surface area contributed by atoms with Gasteiger partial charge in [0.05, 0.1) is 6.10 Å². The van der Waals surface area contributed by atoms with Crippen molar-refractivity contribution in [3.05, 3.63) is 36.0 Å². The lowest BCUT2D eigenvalue weighted by Crippen LogP contribution is -2.34. The Bertz CT molecular complexity index is 631. The molecule has 7 heteroatoms. The summed E-state index contributed by atoms with van der Waals surface area (Å²) in [4.78, 5) is 30.0. The van der Waals surface area contributed by atoms with Gasteiger partial charge in [-0.15, -0.1) is 0 Å². The number of aliphatic carboxylic acids is 1. The summed E-state index contributed by atoms with van der Waals surface area (Å²) in [7, 11) is 0. The fourth-order valence-electron chi connectivity index (χ4n) is 2.03. The summed E-state index contributed by atoms with van der Waals surface area (Å²) in [5.74, 6) is -1.09. The molecule has 0 aliphatic carbocycles. The maximum absolute atomic E-state index is 10.6. The van der Waals surface area contributed by atoms with Crippen LogP contribution in [0.25, 0.3) is 10.9 Å². The van der Waals surface area contributed by atoms with Gasteiger partial charge < -0.3 is 20.9 Å². The third-order valence-corrected chi connectivity index (χ3v) is 2.97. The van der Waals surface area contributed by atoms with Gasteiger partial charge in [-0.3, -0.25) is 4.79 Å². The SMILES string of the molecule is N[C@H](C[C@@H](O)Cc1c[nH]c2ccccc12)C(=O)O.O=C=O. The van der Waals surface area contributed by atoms with E-state index in [1.807, 2.05) is 30.5 Å². The highest BCUT2D eigenvalue weighted by Gasteiger charge is 2.18. The van der Waals surface area contributed by atoms with Crippen LogP contribution < -0.4 is 5.73 Å². The molecule has 112 valence electrons. The second-order valence-corrected chi connectivity index (χ2v) is 4.48. The molecular formula is C14H16N2O5. The molecule has 1 aromatic heterocycles. The van der Waals surface area contributed by atoms with Crippen LogP contribution in [0, 0.1) is 0 Å². The number of carbonyl (C=O) groups is 1. The first-order valence-electron chi connectivity index (χ1n) is 6.20. The summed E-state index contributed by atoms with van der Waals surface area (Å²) in [6.07, 6.45) is 1.77. The molecule has 0 fully saturated rings. The van der Waals surface area contributed by atoms with E-state index in [9.17, 15) is 9.90 Å². The monoisotopic (exact) mass is 292 g/mol. The van der Waals surface area contributed by atoms with Crippen molar-refractivity contribution in [2.45, 2.75) is 25.0 Å². The number of H-pyrrole nitrogens is 1. The number of para-hydroxylation sites is 1. The van der Waals surface area contributed by atoms with Gasteiger partial charge in [0.15, 0.2) is 0 Å². The largest absolute Gasteiger partial charge is 0.480 e. The zero-order valence-corrected chi connectivity index (χ0v) is 11.2. The highest BCUT2D eigenvalue weighted by atomic mass is 16.4. The van der Waals surface area contributed by atoms with E-state index in [4.69, 9.17) is 20.4 Å². The Morgan fingerprint density at radius 2 is 1.95 bits per heavy atom. The smallest absolute Gasteiger partial charge is 0.373 e. The Hall–Kier alpha value is -2.47. The van der Waals surface area contributed by atoms with Crippen LogP contribution in [0.15, 0.2) is 30.5 Å². The zero-order chi connectivity index (χ0) is 15.8. The van der Waals surface area contributed by atoms with E-state index in [0.717, 1.165) is 16.5 Å². The number of nitrogens with one attached hydrogen (secondary N) is 1. The normalized spacial score (nSPS) is 12.9. The number of carboxylic acids is 1. The number of fused-ring (bicyclic) bond motifs is 1. The third-order valence-electron chi connectivity index (χ3n) is 2.97. The van der Waals surface area contributed by atoms with Crippen LogP contribution >= 0.6 is 0 Å². The van der Waals surface area contributed by atoms with E-state index in [-0.39, 0.29) is 12.6 Å². The number of hydrogen-bond donors (Lipinski definition) is 4. The fourth-order valence-corrected chi connectivity index (χ4v) is 2.03. The Morgan fingerprint density at radius 1 is 1.33 bits per heavy atom. The molecule has 7 nitrogen and oxygen atoms in total. The molecule has 0 radical (unpaired) electrons. The number of carbonyl (C=O) groups excluding carboxylic acids is 2. The molecule has 2 atom stereocenters. The highest BCUT2D eigenvalue weighted by molar-refractivity contribution is 5.83. The van der Waals surface area contributed by atoms with E-state index >= 15 is 0 Å². The summed E-state index contributed by atoms with van der Waals surface area (Å²) in [6.45, 7) is 0. The summed E-state index contributed by atoms with van der Waals surface area (Å²) in [5.41, 5.74) is 7.36. The molecule has 0 unspecified atom stereocenters. The second-order valence-electron chi connectivity index (χ2n) is 4.48. The van der Waals surface area contributed by atoms with Gasteiger partial charge in [0, 0.05) is 23.5 Å². The van der Waals surface area contributed by atoms with Gasteiger partial charge in [0.25, 0.3) is 0 Å². The molecule has 0 bridgehead atoms. The number of rotatable bonds is 5. The summed E-state index contributed by atoms with van der Waals surface area (Å²) in [6, 6.07) is 6.75. The molecule has 1 aromatic carbocycles. The standard InChI is InChI=1S/C13H16N2O3.CO2/c14-11(13(17)18)6-9(16)5-8-7-15-12-4-2-1-3-10(8)12;2-1-3/h1-4,7,9,11,15-16H,5-6,14H2,(H,17,18);/t9-,11+;/m0./s1. The Morgan fingerprint density at radius 3 is 2.57 bits per heavy atom. The minimum Gasteiger partial charge on any atom is -0.480 e. The lowest BCUT2D eigenvalue weighted by Gasteiger charge is -2.12. The molecule has 21 heavy (non-hydrogen) atoms. The van der Waals surface area contributed by atoms with E-state index in [2.05, 4.69) is 4.98 Å². The molecule has 5 N–H and O–H groups in total. The minimum absolute atomic E-state index is 0.0504. The average molecular weight is 292 g/mol. The number of aromatic nitrogens is 1. The Balaban J connectivity index is 0.000000677. The van der Waals surface area contributed by atoms with Crippen molar-refractivity contribution in [2.75, 3.05) is 0 Å². The predicted molar refractivity (Wildman–Crippen MR) is 73.2 cm³/mol. The van der Waals surface area contributed by atoms with Gasteiger partial charge in [-0.05, 0) is 18.1 Å². The van der Waals surface area contributed by atoms with Gasteiger partial charge in [0.2, 0.25) is 0 Å². The van der Waals surface area contributed by atoms with Gasteiger partial charge in [-0.2, -0.15) is 9.59 Å². The lowest BCUT2D eigenvalue weighted by molar-refractivity contribution is -0.191. The maximum Gasteiger partial charge on any atom is 0.373 e. The molecule has 0 amide bonds. The molecule has 0 saturated carbocycles. The van der Waals surface area contributed by atoms with Crippen molar-refractivity contribution in [2.24, 2.45) is 5.73 Å². The number of aromatic amines is 1. The molecule has 0 aliphatic rings. The van der Waals surface area contributed by atoms with Gasteiger partial charge in [-0.1, -0.05) is 18.2 Å². The van der Waals surface area contributed by atoms with Crippen LogP contribution in [0.5, 0.6) is 0 Å². The third kappa shape index (κ3) is 4.85. The molecule has 0 saturated heterocycles. The summed E-state index contributed by atoms with van der Waals surface area (Å²) < 4.78 is 0. The van der Waals surface area contributed by atoms with E-state index in [1.165, 1.54) is 0 Å².